The molecule has 3 aromatic rings. The van der Waals surface area contributed by atoms with Gasteiger partial charge >= 0.3 is 0 Å². The Balaban J connectivity index is 2.07. The fourth-order valence-corrected chi connectivity index (χ4v) is 3.82. The van der Waals surface area contributed by atoms with Crippen LogP contribution in [0.4, 0.5) is 5.69 Å². The second-order valence-corrected chi connectivity index (χ2v) is 8.29. The SMILES string of the molecule is CC(=C/C(C)C)/C(N=O)=C(/Cc1cccc2ccccc12)C(O)Nc1ccc(C)cc1. The minimum atomic E-state index is -1.05. The summed E-state index contributed by atoms with van der Waals surface area (Å²) in [7, 11) is 0. The van der Waals surface area contributed by atoms with Crippen molar-refractivity contribution in [2.75, 3.05) is 5.32 Å². The van der Waals surface area contributed by atoms with E-state index in [-0.39, 0.29) is 5.92 Å². The maximum atomic E-state index is 11.9. The first-order chi connectivity index (χ1) is 14.9. The molecule has 0 aliphatic carbocycles. The number of aliphatic hydroxyl groups excluding tert-OH is 1. The summed E-state index contributed by atoms with van der Waals surface area (Å²) < 4.78 is 0. The van der Waals surface area contributed by atoms with Gasteiger partial charge in [-0.2, -0.15) is 0 Å². The molecule has 0 radical (unpaired) electrons. The Kier molecular flexibility index (Phi) is 7.37. The van der Waals surface area contributed by atoms with Crippen LogP contribution in [0.5, 0.6) is 0 Å². The van der Waals surface area contributed by atoms with E-state index >= 15 is 0 Å². The summed E-state index contributed by atoms with van der Waals surface area (Å²) in [4.78, 5) is 11.9. The van der Waals surface area contributed by atoms with Crippen molar-refractivity contribution in [1.29, 1.82) is 0 Å². The second-order valence-electron chi connectivity index (χ2n) is 8.29. The van der Waals surface area contributed by atoms with E-state index in [1.54, 1.807) is 0 Å². The van der Waals surface area contributed by atoms with Gasteiger partial charge in [0.1, 0.15) is 11.9 Å². The van der Waals surface area contributed by atoms with Crippen molar-refractivity contribution in [2.24, 2.45) is 11.1 Å². The number of nitrogens with one attached hydrogen (secondary N) is 1. The Hall–Kier alpha value is -3.24. The smallest absolute Gasteiger partial charge is 0.149 e. The Morgan fingerprint density at radius 1 is 1.03 bits per heavy atom. The second kappa shape index (κ2) is 10.2. The number of benzene rings is 3. The van der Waals surface area contributed by atoms with Crippen molar-refractivity contribution in [3.8, 4) is 0 Å². The lowest BCUT2D eigenvalue weighted by atomic mass is 9.94. The predicted octanol–water partition coefficient (Wildman–Crippen LogP) is 6.74. The number of nitroso groups, excluding NO2 is 1. The lowest BCUT2D eigenvalue weighted by Crippen LogP contribution is -2.24. The molecule has 3 aromatic carbocycles. The molecule has 1 unspecified atom stereocenters. The molecule has 4 nitrogen and oxygen atoms in total. The van der Waals surface area contributed by atoms with Crippen LogP contribution >= 0.6 is 0 Å². The van der Waals surface area contributed by atoms with Gasteiger partial charge in [-0.1, -0.05) is 80.1 Å². The highest BCUT2D eigenvalue weighted by molar-refractivity contribution is 5.86. The van der Waals surface area contributed by atoms with Gasteiger partial charge in [0.15, 0.2) is 0 Å². The topological polar surface area (TPSA) is 61.7 Å². The average Bonchev–Trinajstić information content (AvgIpc) is 2.74. The molecule has 0 bridgehead atoms. The molecule has 1 atom stereocenters. The summed E-state index contributed by atoms with van der Waals surface area (Å²) in [5.74, 6) is 0.262. The molecule has 3 rings (SSSR count). The number of rotatable bonds is 8. The zero-order valence-electron chi connectivity index (χ0n) is 18.6. The third-order valence-electron chi connectivity index (χ3n) is 5.30. The van der Waals surface area contributed by atoms with Crippen molar-refractivity contribution in [3.05, 3.63) is 106 Å². The summed E-state index contributed by atoms with van der Waals surface area (Å²) in [5.41, 5.74) is 4.58. The molecule has 31 heavy (non-hydrogen) atoms. The first-order valence-corrected chi connectivity index (χ1v) is 10.6. The predicted molar refractivity (Wildman–Crippen MR) is 130 cm³/mol. The highest BCUT2D eigenvalue weighted by Gasteiger charge is 2.20. The quantitative estimate of drug-likeness (QED) is 0.244. The fourth-order valence-electron chi connectivity index (χ4n) is 3.82. The van der Waals surface area contributed by atoms with Gasteiger partial charge in [0.05, 0.1) is 0 Å². The number of hydrogen-bond donors (Lipinski definition) is 2. The first-order valence-electron chi connectivity index (χ1n) is 10.6. The molecule has 0 spiro atoms. The van der Waals surface area contributed by atoms with E-state index in [2.05, 4.69) is 42.5 Å². The van der Waals surface area contributed by atoms with Crippen LogP contribution < -0.4 is 5.32 Å². The molecule has 0 saturated carbocycles. The van der Waals surface area contributed by atoms with Crippen molar-refractivity contribution in [3.63, 3.8) is 0 Å². The van der Waals surface area contributed by atoms with Crippen molar-refractivity contribution in [1.82, 2.24) is 0 Å². The Morgan fingerprint density at radius 3 is 2.39 bits per heavy atom. The Morgan fingerprint density at radius 2 is 1.71 bits per heavy atom. The summed E-state index contributed by atoms with van der Waals surface area (Å²) in [6, 6.07) is 22.0. The molecule has 2 N–H and O–H groups in total. The number of nitrogens with zero attached hydrogens (tertiary/aromatic N) is 1. The molecule has 0 amide bonds. The van der Waals surface area contributed by atoms with Gasteiger partial charge in [0, 0.05) is 17.7 Å². The zero-order valence-corrected chi connectivity index (χ0v) is 18.6. The number of aryl methyl sites for hydroxylation is 1. The number of fused-ring (bicyclic) bond motifs is 1. The molecule has 0 heterocycles. The summed E-state index contributed by atoms with van der Waals surface area (Å²) in [6.45, 7) is 7.99. The number of allylic oxidation sites excluding steroid dienone is 2. The summed E-state index contributed by atoms with van der Waals surface area (Å²) in [6.07, 6.45) is 1.36. The van der Waals surface area contributed by atoms with Crippen LogP contribution in [-0.2, 0) is 6.42 Å². The van der Waals surface area contributed by atoms with E-state index in [0.29, 0.717) is 17.7 Å². The van der Waals surface area contributed by atoms with Crippen molar-refractivity contribution in [2.45, 2.75) is 40.3 Å². The Bertz CT molecular complexity index is 1110. The van der Waals surface area contributed by atoms with Crippen LogP contribution in [0.3, 0.4) is 0 Å². The number of hydrogen-bond acceptors (Lipinski definition) is 4. The summed E-state index contributed by atoms with van der Waals surface area (Å²) in [5, 5.41) is 19.9. The number of aliphatic hydroxyl groups is 1. The average molecular weight is 415 g/mol. The minimum absolute atomic E-state index is 0.262. The van der Waals surface area contributed by atoms with Crippen LogP contribution in [0.1, 0.15) is 31.9 Å². The van der Waals surface area contributed by atoms with Gasteiger partial charge in [-0.25, -0.2) is 0 Å². The Labute approximate surface area is 184 Å². The standard InChI is InChI=1S/C27H30N2O2/c1-18(2)16-20(4)26(29-31)25(27(30)28-23-14-12-19(3)13-15-23)17-22-10-7-9-21-8-5-6-11-24(21)22/h5-16,18,27-28,30H,17H2,1-4H3/b20-16-,26-25+. The molecule has 4 heteroatoms. The molecule has 0 aromatic heterocycles. The fraction of sp³-hybridized carbons (Fsp3) is 0.259. The van der Waals surface area contributed by atoms with E-state index in [1.807, 2.05) is 68.5 Å². The highest BCUT2D eigenvalue weighted by Crippen LogP contribution is 2.28. The van der Waals surface area contributed by atoms with Crippen molar-refractivity contribution < 1.29 is 5.11 Å². The third kappa shape index (κ3) is 5.68. The summed E-state index contributed by atoms with van der Waals surface area (Å²) >= 11 is 0. The van der Waals surface area contributed by atoms with Gasteiger partial charge < -0.3 is 10.4 Å². The maximum absolute atomic E-state index is 11.9. The monoisotopic (exact) mass is 414 g/mol. The van der Waals surface area contributed by atoms with E-state index < -0.39 is 6.23 Å². The van der Waals surface area contributed by atoms with Crippen LogP contribution in [0, 0.1) is 17.7 Å². The van der Waals surface area contributed by atoms with Gasteiger partial charge in [-0.3, -0.25) is 0 Å². The molecule has 160 valence electrons. The molecule has 0 fully saturated rings. The maximum Gasteiger partial charge on any atom is 0.149 e. The lowest BCUT2D eigenvalue weighted by molar-refractivity contribution is 0.235. The lowest BCUT2D eigenvalue weighted by Gasteiger charge is -2.21. The molecule has 0 aliphatic heterocycles. The van der Waals surface area contributed by atoms with E-state index in [9.17, 15) is 10.0 Å². The van der Waals surface area contributed by atoms with Crippen molar-refractivity contribution >= 4 is 16.5 Å². The number of anilines is 1. The minimum Gasteiger partial charge on any atom is -0.370 e. The molecule has 0 saturated heterocycles. The van der Waals surface area contributed by atoms with E-state index in [4.69, 9.17) is 0 Å². The van der Waals surface area contributed by atoms with Gasteiger partial charge in [0.25, 0.3) is 0 Å². The van der Waals surface area contributed by atoms with Crippen LogP contribution in [0.25, 0.3) is 10.8 Å². The van der Waals surface area contributed by atoms with E-state index in [0.717, 1.165) is 33.2 Å². The van der Waals surface area contributed by atoms with Gasteiger partial charge in [-0.15, -0.1) is 4.91 Å². The highest BCUT2D eigenvalue weighted by atomic mass is 16.3. The van der Waals surface area contributed by atoms with Crippen LogP contribution in [0.15, 0.2) is 94.8 Å². The molecule has 0 aliphatic rings. The first kappa shape index (κ1) is 22.4. The van der Waals surface area contributed by atoms with Gasteiger partial charge in [0.2, 0.25) is 0 Å². The van der Waals surface area contributed by atoms with Crippen LogP contribution in [-0.4, -0.2) is 11.3 Å². The normalized spacial score (nSPS) is 13.8. The van der Waals surface area contributed by atoms with E-state index in [1.165, 1.54) is 0 Å². The van der Waals surface area contributed by atoms with Gasteiger partial charge in [-0.05, 0) is 59.0 Å². The zero-order chi connectivity index (χ0) is 22.4. The molecular weight excluding hydrogens is 384 g/mol. The largest absolute Gasteiger partial charge is 0.370 e. The van der Waals surface area contributed by atoms with Crippen LogP contribution in [0.2, 0.25) is 0 Å². The molecular formula is C27H30N2O2. The third-order valence-corrected chi connectivity index (χ3v) is 5.30.